The molecule has 4 aromatic rings. The number of aliphatic carboxylic acids is 1. The van der Waals surface area contributed by atoms with Crippen LogP contribution in [0.4, 0.5) is 5.69 Å². The maximum atomic E-state index is 11.5. The second-order valence-corrected chi connectivity index (χ2v) is 11.3. The predicted molar refractivity (Wildman–Crippen MR) is 150 cm³/mol. The van der Waals surface area contributed by atoms with E-state index in [1.54, 1.807) is 40.6 Å². The van der Waals surface area contributed by atoms with Gasteiger partial charge in [-0.05, 0) is 41.5 Å². The molecule has 8 nitrogen and oxygen atoms in total. The fraction of sp³-hybridized carbons (Fsp3) is 0.308. The van der Waals surface area contributed by atoms with Crippen molar-refractivity contribution in [3.8, 4) is 27.6 Å². The van der Waals surface area contributed by atoms with Gasteiger partial charge in [-0.1, -0.05) is 25.5 Å². The first kappa shape index (κ1) is 26.9. The molecule has 0 saturated carbocycles. The van der Waals surface area contributed by atoms with Crippen LogP contribution in [0.5, 0.6) is 5.75 Å². The number of anilines is 1. The highest BCUT2D eigenvalue weighted by Gasteiger charge is 2.19. The van der Waals surface area contributed by atoms with Crippen molar-refractivity contribution in [1.29, 1.82) is 0 Å². The molecule has 3 heterocycles. The minimum absolute atomic E-state index is 0.0479. The molecule has 3 aromatic heterocycles. The van der Waals surface area contributed by atoms with Gasteiger partial charge in [-0.15, -0.1) is 34.4 Å². The number of nitrogens with zero attached hydrogens (tertiary/aromatic N) is 2. The molecule has 0 aliphatic heterocycles. The average molecular weight is 558 g/mol. The van der Waals surface area contributed by atoms with Crippen LogP contribution in [0.2, 0.25) is 0 Å². The van der Waals surface area contributed by atoms with Crippen LogP contribution < -0.4 is 10.5 Å². The van der Waals surface area contributed by atoms with Gasteiger partial charge in [0.25, 0.3) is 0 Å². The van der Waals surface area contributed by atoms with Crippen LogP contribution in [-0.4, -0.2) is 46.0 Å². The molecule has 3 N–H and O–H groups in total. The lowest BCUT2D eigenvalue weighted by Crippen LogP contribution is -2.13. The van der Waals surface area contributed by atoms with Crippen LogP contribution in [-0.2, 0) is 14.3 Å². The van der Waals surface area contributed by atoms with Gasteiger partial charge in [-0.3, -0.25) is 9.59 Å². The summed E-state index contributed by atoms with van der Waals surface area (Å²) in [4.78, 5) is 32.3. The zero-order valence-corrected chi connectivity index (χ0v) is 22.7. The molecule has 0 radical (unpaired) electrons. The molecule has 0 saturated heterocycles. The zero-order chi connectivity index (χ0) is 26.2. The Morgan fingerprint density at radius 1 is 1.16 bits per heavy atom. The number of hydrogen-bond donors (Lipinski definition) is 2. The average Bonchev–Trinajstić information content (AvgIpc) is 3.54. The predicted octanol–water partition coefficient (Wildman–Crippen LogP) is 6.35. The number of carbonyl (C=O) groups excluding carboxylic acids is 1. The summed E-state index contributed by atoms with van der Waals surface area (Å²) in [6.07, 6.45) is 3.64. The van der Waals surface area contributed by atoms with Crippen molar-refractivity contribution in [1.82, 2.24) is 9.97 Å². The largest absolute Gasteiger partial charge is 0.490 e. The first-order chi connectivity index (χ1) is 18.0. The van der Waals surface area contributed by atoms with Crippen molar-refractivity contribution in [2.75, 3.05) is 24.7 Å². The van der Waals surface area contributed by atoms with Crippen molar-refractivity contribution in [2.24, 2.45) is 0 Å². The number of nitrogens with two attached hydrogens (primary N) is 1. The molecule has 194 valence electrons. The van der Waals surface area contributed by atoms with E-state index in [0.29, 0.717) is 5.75 Å². The number of carboxylic acid groups (broad SMARTS) is 1. The summed E-state index contributed by atoms with van der Waals surface area (Å²) >= 11 is 4.95. The van der Waals surface area contributed by atoms with Crippen molar-refractivity contribution < 1.29 is 24.2 Å². The van der Waals surface area contributed by atoms with Crippen LogP contribution in [0.25, 0.3) is 32.0 Å². The smallest absolute Gasteiger partial charge is 0.306 e. The van der Waals surface area contributed by atoms with Crippen molar-refractivity contribution in [3.05, 3.63) is 41.9 Å². The standard InChI is InChI=1S/C26H27N3O5S3/c1-2-3-13-36-26-23(27)22-18(15-19(29-25(22)37-26)24-28-10-14-35-24)16-4-6-17(7-5-16)33-11-12-34-21(32)9-8-20(30)31/h4-7,10,14-15H,2-3,8-9,11-13,27H2,1H3,(H,30,31). The van der Waals surface area contributed by atoms with E-state index in [2.05, 4.69) is 11.9 Å². The van der Waals surface area contributed by atoms with E-state index in [0.717, 1.165) is 60.5 Å². The molecule has 4 rings (SSSR count). The Morgan fingerprint density at radius 2 is 1.97 bits per heavy atom. The fourth-order valence-electron chi connectivity index (χ4n) is 3.53. The number of aromatic nitrogens is 2. The minimum Gasteiger partial charge on any atom is -0.490 e. The lowest BCUT2D eigenvalue weighted by molar-refractivity contribution is -0.148. The van der Waals surface area contributed by atoms with Crippen molar-refractivity contribution in [3.63, 3.8) is 0 Å². The van der Waals surface area contributed by atoms with Gasteiger partial charge >= 0.3 is 11.9 Å². The van der Waals surface area contributed by atoms with Gasteiger partial charge < -0.3 is 20.3 Å². The Morgan fingerprint density at radius 3 is 2.68 bits per heavy atom. The maximum absolute atomic E-state index is 11.5. The molecule has 1 aromatic carbocycles. The number of carbonyl (C=O) groups is 2. The van der Waals surface area contributed by atoms with E-state index in [1.807, 2.05) is 35.7 Å². The number of nitrogen functional groups attached to an aromatic ring is 1. The lowest BCUT2D eigenvalue weighted by Gasteiger charge is -2.10. The molecular weight excluding hydrogens is 531 g/mol. The first-order valence-electron chi connectivity index (χ1n) is 11.8. The number of ether oxygens (including phenoxy) is 2. The Bertz CT molecular complexity index is 1350. The van der Waals surface area contributed by atoms with Crippen molar-refractivity contribution >= 4 is 62.3 Å². The van der Waals surface area contributed by atoms with Gasteiger partial charge in [0.05, 0.1) is 22.7 Å². The summed E-state index contributed by atoms with van der Waals surface area (Å²) in [5, 5.41) is 12.4. The van der Waals surface area contributed by atoms with Gasteiger partial charge in [0.15, 0.2) is 0 Å². The van der Waals surface area contributed by atoms with E-state index < -0.39 is 11.9 Å². The number of thiophene rings is 1. The normalized spacial score (nSPS) is 11.1. The number of thioether (sulfide) groups is 1. The number of unbranched alkanes of at least 4 members (excludes halogenated alkanes) is 1. The summed E-state index contributed by atoms with van der Waals surface area (Å²) in [6, 6.07) is 9.69. The molecule has 0 unspecified atom stereocenters. The molecule has 0 amide bonds. The third-order valence-electron chi connectivity index (χ3n) is 5.37. The fourth-order valence-corrected chi connectivity index (χ4v) is 6.58. The summed E-state index contributed by atoms with van der Waals surface area (Å²) in [5.41, 5.74) is 10.2. The Balaban J connectivity index is 1.52. The zero-order valence-electron chi connectivity index (χ0n) is 20.3. The van der Waals surface area contributed by atoms with Crippen LogP contribution >= 0.6 is 34.4 Å². The molecule has 11 heteroatoms. The highest BCUT2D eigenvalue weighted by molar-refractivity contribution is 8.01. The van der Waals surface area contributed by atoms with Crippen LogP contribution in [0.1, 0.15) is 32.6 Å². The van der Waals surface area contributed by atoms with E-state index in [1.165, 1.54) is 0 Å². The summed E-state index contributed by atoms with van der Waals surface area (Å²) in [6.45, 7) is 2.39. The molecule has 37 heavy (non-hydrogen) atoms. The highest BCUT2D eigenvalue weighted by Crippen LogP contribution is 2.45. The van der Waals surface area contributed by atoms with E-state index in [-0.39, 0.29) is 26.1 Å². The quantitative estimate of drug-likeness (QED) is 0.110. The summed E-state index contributed by atoms with van der Waals surface area (Å²) in [5.74, 6) is 0.0575. The summed E-state index contributed by atoms with van der Waals surface area (Å²) in [7, 11) is 0. The minimum atomic E-state index is -1.03. The topological polar surface area (TPSA) is 125 Å². The molecule has 0 fully saturated rings. The van der Waals surface area contributed by atoms with Crippen molar-refractivity contribution in [2.45, 2.75) is 36.8 Å². The van der Waals surface area contributed by atoms with Gasteiger partial charge in [0, 0.05) is 17.0 Å². The van der Waals surface area contributed by atoms with Gasteiger partial charge in [0.1, 0.15) is 34.5 Å². The molecule has 0 aliphatic rings. The third kappa shape index (κ3) is 7.00. The maximum Gasteiger partial charge on any atom is 0.306 e. The van der Waals surface area contributed by atoms with Gasteiger partial charge in [-0.25, -0.2) is 9.97 Å². The van der Waals surface area contributed by atoms with Gasteiger partial charge in [0.2, 0.25) is 0 Å². The second kappa shape index (κ2) is 12.9. The molecule has 0 spiro atoms. The van der Waals surface area contributed by atoms with Crippen LogP contribution in [0.15, 0.2) is 46.1 Å². The lowest BCUT2D eigenvalue weighted by atomic mass is 10.0. The number of hydrogen-bond acceptors (Lipinski definition) is 10. The molecular formula is C26H27N3O5S3. The Labute approximate surface area is 226 Å². The molecule has 0 aliphatic carbocycles. The third-order valence-corrected chi connectivity index (χ3v) is 8.64. The summed E-state index contributed by atoms with van der Waals surface area (Å²) < 4.78 is 11.8. The Hall–Kier alpha value is -3.15. The molecule has 0 bridgehead atoms. The SMILES string of the molecule is CCCCSc1sc2nc(-c3nccs3)cc(-c3ccc(OCCOC(=O)CCC(=O)O)cc3)c2c1N. The highest BCUT2D eigenvalue weighted by atomic mass is 32.2. The number of thiazole rings is 1. The first-order valence-corrected chi connectivity index (χ1v) is 14.5. The van der Waals surface area contributed by atoms with Gasteiger partial charge in [-0.2, -0.15) is 0 Å². The van der Waals surface area contributed by atoms with Crippen LogP contribution in [0.3, 0.4) is 0 Å². The monoisotopic (exact) mass is 557 g/mol. The van der Waals surface area contributed by atoms with E-state index in [4.69, 9.17) is 25.3 Å². The number of esters is 1. The molecule has 0 atom stereocenters. The number of fused-ring (bicyclic) bond motifs is 1. The number of carboxylic acids is 1. The second-order valence-electron chi connectivity index (χ2n) is 8.06. The Kier molecular flexibility index (Phi) is 9.37. The number of rotatable bonds is 13. The van der Waals surface area contributed by atoms with Crippen LogP contribution in [0, 0.1) is 0 Å². The number of pyridine rings is 1. The van der Waals surface area contributed by atoms with E-state index >= 15 is 0 Å². The van der Waals surface area contributed by atoms with E-state index in [9.17, 15) is 9.59 Å². The number of benzene rings is 1.